The van der Waals surface area contributed by atoms with Crippen molar-refractivity contribution in [3.8, 4) is 0 Å². The zero-order chi connectivity index (χ0) is 12.3. The number of hydrazine groups is 1. The first-order valence-electron chi connectivity index (χ1n) is 5.85. The van der Waals surface area contributed by atoms with Crippen LogP contribution in [0.2, 0.25) is 0 Å². The van der Waals surface area contributed by atoms with E-state index in [0.717, 1.165) is 18.4 Å². The number of aryl methyl sites for hydroxylation is 1. The van der Waals surface area contributed by atoms with E-state index in [0.29, 0.717) is 0 Å². The second kappa shape index (κ2) is 3.01. The van der Waals surface area contributed by atoms with Crippen molar-refractivity contribution in [3.63, 3.8) is 0 Å². The minimum atomic E-state index is -0.571. The van der Waals surface area contributed by atoms with Gasteiger partial charge < -0.3 is 4.74 Å². The normalized spacial score (nSPS) is 35.2. The topological polar surface area (TPSA) is 55.6 Å². The van der Waals surface area contributed by atoms with Crippen molar-refractivity contribution < 1.29 is 9.53 Å². The lowest BCUT2D eigenvalue weighted by Gasteiger charge is -2.45. The Balaban J connectivity index is 2.25. The molecule has 2 aliphatic rings. The van der Waals surface area contributed by atoms with Crippen molar-refractivity contribution in [2.24, 2.45) is 5.84 Å². The molecular formula is C13H16N2O2. The van der Waals surface area contributed by atoms with Crippen LogP contribution in [0.15, 0.2) is 24.3 Å². The van der Waals surface area contributed by atoms with Gasteiger partial charge in [0.25, 0.3) is 0 Å². The Morgan fingerprint density at radius 3 is 2.82 bits per heavy atom. The van der Waals surface area contributed by atoms with Crippen molar-refractivity contribution >= 4 is 6.09 Å². The lowest BCUT2D eigenvalue weighted by Crippen LogP contribution is -2.57. The van der Waals surface area contributed by atoms with E-state index >= 15 is 0 Å². The van der Waals surface area contributed by atoms with E-state index in [1.165, 1.54) is 10.6 Å². The number of amides is 1. The number of nitrogens with two attached hydrogens (primary N) is 1. The summed E-state index contributed by atoms with van der Waals surface area (Å²) in [5.74, 6) is 5.93. The molecule has 1 fully saturated rings. The quantitative estimate of drug-likeness (QED) is 0.549. The van der Waals surface area contributed by atoms with Crippen molar-refractivity contribution in [2.75, 3.05) is 0 Å². The first kappa shape index (κ1) is 10.6. The van der Waals surface area contributed by atoms with Crippen LogP contribution in [0.1, 0.15) is 31.4 Å². The standard InChI is InChI=1S/C13H16N2O2/c1-12-8-7-9-5-3-4-6-10(9)13(12,2)15(14)11(16)17-12/h3-6H,7-8,14H2,1-2H3/t12-,13+/m1/s1. The smallest absolute Gasteiger partial charge is 0.425 e. The number of hydrogen-bond donors (Lipinski definition) is 1. The molecule has 17 heavy (non-hydrogen) atoms. The number of carbonyl (C=O) groups excluding carboxylic acids is 1. The van der Waals surface area contributed by atoms with Crippen LogP contribution in [0.5, 0.6) is 0 Å². The highest BCUT2D eigenvalue weighted by Gasteiger charge is 2.62. The molecule has 2 atom stereocenters. The molecule has 1 amide bonds. The number of ether oxygens (including phenoxy) is 1. The van der Waals surface area contributed by atoms with Gasteiger partial charge in [-0.3, -0.25) is 0 Å². The van der Waals surface area contributed by atoms with E-state index in [4.69, 9.17) is 10.6 Å². The van der Waals surface area contributed by atoms with Crippen LogP contribution in [0, 0.1) is 0 Å². The number of nitrogens with zero attached hydrogens (tertiary/aromatic N) is 1. The molecule has 0 saturated carbocycles. The fourth-order valence-corrected chi connectivity index (χ4v) is 3.07. The summed E-state index contributed by atoms with van der Waals surface area (Å²) in [6, 6.07) is 8.13. The van der Waals surface area contributed by atoms with Crippen molar-refractivity contribution in [3.05, 3.63) is 35.4 Å². The molecule has 3 rings (SSSR count). The summed E-state index contributed by atoms with van der Waals surface area (Å²) >= 11 is 0. The molecule has 1 aliphatic heterocycles. The van der Waals surface area contributed by atoms with Gasteiger partial charge in [0.1, 0.15) is 11.1 Å². The average molecular weight is 232 g/mol. The summed E-state index contributed by atoms with van der Waals surface area (Å²) in [5.41, 5.74) is 1.25. The summed E-state index contributed by atoms with van der Waals surface area (Å²) < 4.78 is 5.49. The number of fused-ring (bicyclic) bond motifs is 3. The van der Waals surface area contributed by atoms with Gasteiger partial charge in [0.15, 0.2) is 0 Å². The molecule has 2 N–H and O–H groups in total. The van der Waals surface area contributed by atoms with Crippen LogP contribution < -0.4 is 5.84 Å². The van der Waals surface area contributed by atoms with Gasteiger partial charge in [0.2, 0.25) is 0 Å². The minimum absolute atomic E-state index is 0.438. The van der Waals surface area contributed by atoms with Crippen molar-refractivity contribution in [2.45, 2.75) is 37.8 Å². The van der Waals surface area contributed by atoms with E-state index < -0.39 is 17.2 Å². The molecule has 1 aliphatic carbocycles. The largest absolute Gasteiger partial charge is 0.439 e. The first-order chi connectivity index (χ1) is 7.99. The molecule has 1 aromatic rings. The molecule has 0 radical (unpaired) electrons. The van der Waals surface area contributed by atoms with Crippen LogP contribution in [0.25, 0.3) is 0 Å². The van der Waals surface area contributed by atoms with Crippen molar-refractivity contribution in [1.82, 2.24) is 5.01 Å². The fraction of sp³-hybridized carbons (Fsp3) is 0.462. The maximum Gasteiger partial charge on any atom is 0.425 e. The predicted octanol–water partition coefficient (Wildman–Crippen LogP) is 1.93. The SMILES string of the molecule is C[C@@]12CCc3ccccc3[C@]1(C)N(N)C(=O)O2. The number of carbonyl (C=O) groups is 1. The molecule has 1 saturated heterocycles. The summed E-state index contributed by atoms with van der Waals surface area (Å²) in [4.78, 5) is 11.7. The van der Waals surface area contributed by atoms with Gasteiger partial charge in [-0.2, -0.15) is 0 Å². The number of benzene rings is 1. The average Bonchev–Trinajstić information content (AvgIpc) is 2.50. The van der Waals surface area contributed by atoms with E-state index in [1.54, 1.807) is 0 Å². The third-order valence-corrected chi connectivity index (χ3v) is 4.43. The molecule has 4 nitrogen and oxygen atoms in total. The highest BCUT2D eigenvalue weighted by atomic mass is 16.6. The number of hydrogen-bond acceptors (Lipinski definition) is 3. The van der Waals surface area contributed by atoms with Crippen LogP contribution in [0.4, 0.5) is 4.79 Å². The second-order valence-electron chi connectivity index (χ2n) is 5.20. The van der Waals surface area contributed by atoms with Gasteiger partial charge in [-0.05, 0) is 37.8 Å². The molecule has 0 unspecified atom stereocenters. The van der Waals surface area contributed by atoms with E-state index in [9.17, 15) is 4.79 Å². The third kappa shape index (κ3) is 1.08. The Labute approximate surface area is 100 Å². The second-order valence-corrected chi connectivity index (χ2v) is 5.20. The zero-order valence-corrected chi connectivity index (χ0v) is 10.1. The molecule has 1 aromatic carbocycles. The molecule has 90 valence electrons. The predicted molar refractivity (Wildman–Crippen MR) is 63.0 cm³/mol. The first-order valence-corrected chi connectivity index (χ1v) is 5.85. The van der Waals surface area contributed by atoms with Crippen LogP contribution in [0.3, 0.4) is 0 Å². The Morgan fingerprint density at radius 2 is 2.06 bits per heavy atom. The molecule has 0 spiro atoms. The van der Waals surface area contributed by atoms with E-state index in [1.807, 2.05) is 32.0 Å². The maximum atomic E-state index is 11.7. The van der Waals surface area contributed by atoms with E-state index in [2.05, 4.69) is 6.07 Å². The van der Waals surface area contributed by atoms with E-state index in [-0.39, 0.29) is 0 Å². The lowest BCUT2D eigenvalue weighted by molar-refractivity contribution is -0.00976. The Bertz CT molecular complexity index is 502. The highest BCUT2D eigenvalue weighted by molar-refractivity contribution is 5.73. The summed E-state index contributed by atoms with van der Waals surface area (Å²) in [6.07, 6.45) is 1.29. The number of rotatable bonds is 0. The van der Waals surface area contributed by atoms with Crippen molar-refractivity contribution in [1.29, 1.82) is 0 Å². The van der Waals surface area contributed by atoms with Gasteiger partial charge in [0.05, 0.1) is 0 Å². The van der Waals surface area contributed by atoms with Gasteiger partial charge in [-0.25, -0.2) is 15.6 Å². The van der Waals surface area contributed by atoms with Crippen LogP contribution in [-0.4, -0.2) is 16.7 Å². The molecule has 4 heteroatoms. The maximum absolute atomic E-state index is 11.7. The van der Waals surface area contributed by atoms with Crippen LogP contribution >= 0.6 is 0 Å². The molecule has 0 aromatic heterocycles. The highest BCUT2D eigenvalue weighted by Crippen LogP contribution is 2.51. The Kier molecular flexibility index (Phi) is 1.88. The Hall–Kier alpha value is -1.55. The molecule has 0 bridgehead atoms. The van der Waals surface area contributed by atoms with Gasteiger partial charge in [0, 0.05) is 0 Å². The summed E-state index contributed by atoms with van der Waals surface area (Å²) in [5, 5.41) is 1.24. The molecular weight excluding hydrogens is 216 g/mol. The zero-order valence-electron chi connectivity index (χ0n) is 10.1. The third-order valence-electron chi connectivity index (χ3n) is 4.43. The summed E-state index contributed by atoms with van der Waals surface area (Å²) in [6.45, 7) is 3.95. The summed E-state index contributed by atoms with van der Waals surface area (Å²) in [7, 11) is 0. The van der Waals surface area contributed by atoms with Crippen LogP contribution in [-0.2, 0) is 16.7 Å². The molecule has 1 heterocycles. The van der Waals surface area contributed by atoms with Gasteiger partial charge in [-0.15, -0.1) is 0 Å². The minimum Gasteiger partial charge on any atom is -0.439 e. The monoisotopic (exact) mass is 232 g/mol. The van der Waals surface area contributed by atoms with Gasteiger partial charge >= 0.3 is 6.09 Å². The lowest BCUT2D eigenvalue weighted by atomic mass is 9.68. The van der Waals surface area contributed by atoms with Gasteiger partial charge in [-0.1, -0.05) is 24.3 Å². The Morgan fingerprint density at radius 1 is 1.35 bits per heavy atom. The fourth-order valence-electron chi connectivity index (χ4n) is 3.07.